The lowest BCUT2D eigenvalue weighted by atomic mass is 10.3. The van der Waals surface area contributed by atoms with Crippen LogP contribution in [0.1, 0.15) is 0 Å². The summed E-state index contributed by atoms with van der Waals surface area (Å²) in [4.78, 5) is 0. The Balaban J connectivity index is 2.15. The van der Waals surface area contributed by atoms with Crippen LogP contribution in [0, 0.1) is 0 Å². The summed E-state index contributed by atoms with van der Waals surface area (Å²) in [6.07, 6.45) is 0. The molecule has 80 valence electrons. The Hall–Kier alpha value is -1.19. The number of benzene rings is 2. The summed E-state index contributed by atoms with van der Waals surface area (Å²) in [5, 5.41) is 8.90. The van der Waals surface area contributed by atoms with Crippen molar-refractivity contribution in [2.24, 2.45) is 10.2 Å². The predicted molar refractivity (Wildman–Crippen MR) is 69.8 cm³/mol. The molecule has 2 aromatic carbocycles. The van der Waals surface area contributed by atoms with Gasteiger partial charge in [0.1, 0.15) is 0 Å². The molecule has 0 atom stereocenters. The van der Waals surface area contributed by atoms with E-state index in [2.05, 4.69) is 26.2 Å². The van der Waals surface area contributed by atoms with E-state index >= 15 is 0 Å². The summed E-state index contributed by atoms with van der Waals surface area (Å²) in [6.45, 7) is 0. The van der Waals surface area contributed by atoms with Gasteiger partial charge >= 0.3 is 0 Å². The molecule has 0 radical (unpaired) electrons. The Morgan fingerprint density at radius 1 is 0.750 bits per heavy atom. The summed E-state index contributed by atoms with van der Waals surface area (Å²) in [5.74, 6) is 0. The highest BCUT2D eigenvalue weighted by atomic mass is 79.9. The molecule has 0 aliphatic rings. The molecule has 0 aliphatic heterocycles. The molecule has 2 aromatic rings. The average Bonchev–Trinajstić information content (AvgIpc) is 2.30. The minimum atomic E-state index is 0.697. The fraction of sp³-hybridized carbons (Fsp3) is 0. The van der Waals surface area contributed by atoms with E-state index < -0.39 is 0 Å². The number of azo groups is 1. The number of nitrogens with zero attached hydrogens (tertiary/aromatic N) is 2. The van der Waals surface area contributed by atoms with Gasteiger partial charge in [0.15, 0.2) is 0 Å². The summed E-state index contributed by atoms with van der Waals surface area (Å²) < 4.78 is 1.03. The lowest BCUT2D eigenvalue weighted by molar-refractivity contribution is 1.23. The van der Waals surface area contributed by atoms with Crippen LogP contribution in [-0.4, -0.2) is 0 Å². The molecule has 0 saturated carbocycles. The number of hydrogen-bond acceptors (Lipinski definition) is 2. The molecular formula is C12H8BrClN2. The van der Waals surface area contributed by atoms with Crippen LogP contribution in [0.25, 0.3) is 0 Å². The van der Waals surface area contributed by atoms with Gasteiger partial charge in [-0.15, -0.1) is 0 Å². The second kappa shape index (κ2) is 5.23. The summed E-state index contributed by atoms with van der Waals surface area (Å²) in [6, 6.07) is 14.9. The molecule has 0 aromatic heterocycles. The number of hydrogen-bond donors (Lipinski definition) is 0. The first kappa shape index (κ1) is 11.3. The lowest BCUT2D eigenvalue weighted by Gasteiger charge is -1.94. The molecule has 4 heteroatoms. The van der Waals surface area contributed by atoms with Crippen molar-refractivity contribution in [3.8, 4) is 0 Å². The zero-order valence-corrected chi connectivity index (χ0v) is 10.6. The van der Waals surface area contributed by atoms with E-state index in [4.69, 9.17) is 11.6 Å². The van der Waals surface area contributed by atoms with Crippen LogP contribution in [0.4, 0.5) is 11.4 Å². The Kier molecular flexibility index (Phi) is 3.70. The van der Waals surface area contributed by atoms with Crippen molar-refractivity contribution >= 4 is 38.9 Å². The first-order valence-corrected chi connectivity index (χ1v) is 5.84. The molecule has 0 N–H and O–H groups in total. The topological polar surface area (TPSA) is 24.7 Å². The minimum Gasteiger partial charge on any atom is -0.151 e. The highest BCUT2D eigenvalue weighted by Crippen LogP contribution is 2.21. The van der Waals surface area contributed by atoms with Crippen molar-refractivity contribution in [2.75, 3.05) is 0 Å². The van der Waals surface area contributed by atoms with Crippen LogP contribution < -0.4 is 0 Å². The summed E-state index contributed by atoms with van der Waals surface area (Å²) in [5.41, 5.74) is 1.60. The van der Waals surface area contributed by atoms with Crippen LogP contribution in [-0.2, 0) is 0 Å². The van der Waals surface area contributed by atoms with Crippen molar-refractivity contribution in [3.63, 3.8) is 0 Å². The standard InChI is InChI=1S/C12H8BrClN2/c13-9-1-5-11(6-2-9)15-16-12-7-3-10(14)4-8-12/h1-8H. The minimum absolute atomic E-state index is 0.697. The Morgan fingerprint density at radius 2 is 1.19 bits per heavy atom. The fourth-order valence-electron chi connectivity index (χ4n) is 1.13. The van der Waals surface area contributed by atoms with Crippen molar-refractivity contribution in [1.82, 2.24) is 0 Å². The van der Waals surface area contributed by atoms with Crippen molar-refractivity contribution in [3.05, 3.63) is 58.0 Å². The van der Waals surface area contributed by atoms with Gasteiger partial charge in [-0.05, 0) is 48.5 Å². The predicted octanol–water partition coefficient (Wildman–Crippen LogP) is 5.52. The quantitative estimate of drug-likeness (QED) is 0.652. The molecule has 0 unspecified atom stereocenters. The van der Waals surface area contributed by atoms with Crippen LogP contribution in [0.3, 0.4) is 0 Å². The zero-order chi connectivity index (χ0) is 11.4. The molecule has 0 spiro atoms. The second-order valence-corrected chi connectivity index (χ2v) is 4.50. The molecular weight excluding hydrogens is 288 g/mol. The van der Waals surface area contributed by atoms with Gasteiger partial charge in [-0.1, -0.05) is 27.5 Å². The van der Waals surface area contributed by atoms with Gasteiger partial charge in [-0.2, -0.15) is 10.2 Å². The van der Waals surface area contributed by atoms with E-state index in [0.29, 0.717) is 5.02 Å². The van der Waals surface area contributed by atoms with E-state index in [9.17, 15) is 0 Å². The third-order valence-corrected chi connectivity index (χ3v) is 2.71. The van der Waals surface area contributed by atoms with Crippen molar-refractivity contribution in [1.29, 1.82) is 0 Å². The third kappa shape index (κ3) is 3.15. The van der Waals surface area contributed by atoms with Gasteiger partial charge in [0.25, 0.3) is 0 Å². The molecule has 0 fully saturated rings. The second-order valence-electron chi connectivity index (χ2n) is 3.15. The number of halogens is 2. The first-order chi connectivity index (χ1) is 7.74. The molecule has 0 saturated heterocycles. The summed E-state index contributed by atoms with van der Waals surface area (Å²) in [7, 11) is 0. The molecule has 2 nitrogen and oxygen atoms in total. The molecule has 0 bridgehead atoms. The van der Waals surface area contributed by atoms with Gasteiger partial charge in [-0.3, -0.25) is 0 Å². The molecule has 2 rings (SSSR count). The number of rotatable bonds is 2. The summed E-state index contributed by atoms with van der Waals surface area (Å²) >= 11 is 9.13. The molecule has 0 aliphatic carbocycles. The third-order valence-electron chi connectivity index (χ3n) is 1.93. The average molecular weight is 296 g/mol. The highest BCUT2D eigenvalue weighted by molar-refractivity contribution is 9.10. The largest absolute Gasteiger partial charge is 0.151 e. The van der Waals surface area contributed by atoms with Crippen molar-refractivity contribution < 1.29 is 0 Å². The zero-order valence-electron chi connectivity index (χ0n) is 8.27. The van der Waals surface area contributed by atoms with E-state index in [1.165, 1.54) is 0 Å². The van der Waals surface area contributed by atoms with Gasteiger partial charge in [-0.25, -0.2) is 0 Å². The van der Waals surface area contributed by atoms with Gasteiger partial charge in [0, 0.05) is 9.50 Å². The Morgan fingerprint density at radius 3 is 1.69 bits per heavy atom. The smallest absolute Gasteiger partial charge is 0.0858 e. The van der Waals surface area contributed by atoms with Crippen LogP contribution >= 0.6 is 27.5 Å². The van der Waals surface area contributed by atoms with E-state index in [1.54, 1.807) is 12.1 Å². The SMILES string of the molecule is Clc1ccc(N=Nc2ccc(Br)cc2)cc1. The van der Waals surface area contributed by atoms with Crippen LogP contribution in [0.2, 0.25) is 5.02 Å². The maximum atomic E-state index is 5.77. The maximum Gasteiger partial charge on any atom is 0.0858 e. The van der Waals surface area contributed by atoms with Gasteiger partial charge in [0.05, 0.1) is 11.4 Å². The van der Waals surface area contributed by atoms with Crippen LogP contribution in [0.15, 0.2) is 63.2 Å². The monoisotopic (exact) mass is 294 g/mol. The molecule has 0 amide bonds. The maximum absolute atomic E-state index is 5.77. The van der Waals surface area contributed by atoms with E-state index in [0.717, 1.165) is 15.8 Å². The first-order valence-electron chi connectivity index (χ1n) is 4.67. The van der Waals surface area contributed by atoms with E-state index in [-0.39, 0.29) is 0 Å². The lowest BCUT2D eigenvalue weighted by Crippen LogP contribution is -1.66. The van der Waals surface area contributed by atoms with Crippen molar-refractivity contribution in [2.45, 2.75) is 0 Å². The normalized spacial score (nSPS) is 10.9. The Labute approximate surface area is 107 Å². The molecule has 16 heavy (non-hydrogen) atoms. The Bertz CT molecular complexity index is 444. The molecule has 0 heterocycles. The highest BCUT2D eigenvalue weighted by Gasteiger charge is 1.91. The van der Waals surface area contributed by atoms with Crippen LogP contribution in [0.5, 0.6) is 0 Å². The van der Waals surface area contributed by atoms with E-state index in [1.807, 2.05) is 36.4 Å². The van der Waals surface area contributed by atoms with Gasteiger partial charge < -0.3 is 0 Å². The van der Waals surface area contributed by atoms with Gasteiger partial charge in [0.2, 0.25) is 0 Å². The fourth-order valence-corrected chi connectivity index (χ4v) is 1.52.